The van der Waals surface area contributed by atoms with Crippen LogP contribution < -0.4 is 0 Å². The first-order valence-electron chi connectivity index (χ1n) is 26.2. The van der Waals surface area contributed by atoms with Crippen molar-refractivity contribution >= 4 is 21.8 Å². The van der Waals surface area contributed by atoms with E-state index in [1.165, 1.54) is 53.1 Å². The first kappa shape index (κ1) is 57.3. The highest BCUT2D eigenvalue weighted by molar-refractivity contribution is 6.13. The summed E-state index contributed by atoms with van der Waals surface area (Å²) in [6, 6.07) is 47.7. The van der Waals surface area contributed by atoms with Gasteiger partial charge in [-0.2, -0.15) is 65.9 Å². The van der Waals surface area contributed by atoms with Crippen LogP contribution in [0.5, 0.6) is 0 Å². The van der Waals surface area contributed by atoms with Gasteiger partial charge < -0.3 is 4.57 Å². The molecule has 9 aromatic carbocycles. The fourth-order valence-corrected chi connectivity index (χ4v) is 10.4. The van der Waals surface area contributed by atoms with E-state index >= 15 is 13.2 Å². The SMILES string of the molecule is FC(F)(F)c1cc(-c2ccc3c(c2)c2cc(-c4cc(C(F)(F)F)cc(C(F)(F)F)c4)ccc2n3-c2c(-c3cc(-c4ccccc4)nc(-c4ccccc4)n3)cc(C(F)(F)F)cc2-c2cc(-c3ccccc3)nc(-c3ccccc3)n2)cc(C(F)(F)F)c1. The molecule has 0 bridgehead atoms. The molecule has 5 nitrogen and oxygen atoms in total. The van der Waals surface area contributed by atoms with E-state index in [-0.39, 0.29) is 96.3 Å². The quantitative estimate of drug-likeness (QED) is 0.135. The molecule has 0 fully saturated rings. The van der Waals surface area contributed by atoms with Crippen LogP contribution in [0, 0.1) is 0 Å². The van der Waals surface area contributed by atoms with Gasteiger partial charge in [0, 0.05) is 44.2 Å². The number of halogens is 15. The first-order valence-corrected chi connectivity index (χ1v) is 26.2. The Morgan fingerprint density at radius 2 is 0.529 bits per heavy atom. The third-order valence-electron chi connectivity index (χ3n) is 14.5. The predicted molar refractivity (Wildman–Crippen MR) is 300 cm³/mol. The van der Waals surface area contributed by atoms with Gasteiger partial charge in [-0.1, -0.05) is 133 Å². The van der Waals surface area contributed by atoms with Gasteiger partial charge in [-0.25, -0.2) is 19.9 Å². The van der Waals surface area contributed by atoms with E-state index in [4.69, 9.17) is 19.9 Å². The van der Waals surface area contributed by atoms with Crippen LogP contribution in [0.25, 0.3) is 118 Å². The first-order chi connectivity index (χ1) is 41.2. The molecule has 0 unspecified atom stereocenters. The fraction of sp³-hybridized carbons (Fsp3) is 0.0746. The third kappa shape index (κ3) is 11.5. The molecule has 12 rings (SSSR count). The number of alkyl halides is 15. The van der Waals surface area contributed by atoms with Crippen molar-refractivity contribution < 1.29 is 65.9 Å². The zero-order valence-corrected chi connectivity index (χ0v) is 44.2. The van der Waals surface area contributed by atoms with Crippen LogP contribution in [0.2, 0.25) is 0 Å². The highest BCUT2D eigenvalue weighted by atomic mass is 19.4. The number of nitrogens with zero attached hydrogens (tertiary/aromatic N) is 5. The number of hydrogen-bond donors (Lipinski definition) is 0. The van der Waals surface area contributed by atoms with E-state index in [9.17, 15) is 52.7 Å². The molecule has 0 atom stereocenters. The van der Waals surface area contributed by atoms with Gasteiger partial charge in [0.05, 0.1) is 67.3 Å². The molecule has 12 aromatic rings. The molecule has 0 saturated heterocycles. The summed E-state index contributed by atoms with van der Waals surface area (Å²) >= 11 is 0. The normalized spacial score (nSPS) is 12.5. The molecule has 0 aliphatic carbocycles. The van der Waals surface area contributed by atoms with Crippen LogP contribution in [0.3, 0.4) is 0 Å². The van der Waals surface area contributed by atoms with Crippen LogP contribution in [0.15, 0.2) is 218 Å². The van der Waals surface area contributed by atoms with Gasteiger partial charge in [-0.05, 0) is 107 Å². The molecule has 434 valence electrons. The number of hydrogen-bond acceptors (Lipinski definition) is 4. The van der Waals surface area contributed by atoms with Crippen molar-refractivity contribution in [2.75, 3.05) is 0 Å². The van der Waals surface area contributed by atoms with Crippen molar-refractivity contribution in [3.8, 4) is 95.7 Å². The minimum absolute atomic E-state index is 0.0163. The second-order valence-electron chi connectivity index (χ2n) is 20.2. The fourth-order valence-electron chi connectivity index (χ4n) is 10.4. The molecule has 0 saturated carbocycles. The summed E-state index contributed by atoms with van der Waals surface area (Å²) in [5, 5.41) is -0.157. The minimum atomic E-state index is -5.30. The molecule has 0 N–H and O–H groups in total. The Morgan fingerprint density at radius 1 is 0.241 bits per heavy atom. The van der Waals surface area contributed by atoms with E-state index < -0.39 is 69.8 Å². The topological polar surface area (TPSA) is 56.5 Å². The smallest absolute Gasteiger partial charge is 0.308 e. The number of aromatic nitrogens is 5. The molecule has 0 aliphatic rings. The molecule has 87 heavy (non-hydrogen) atoms. The molecule has 0 amide bonds. The number of benzene rings is 9. The summed E-state index contributed by atoms with van der Waals surface area (Å²) in [5.74, 6) is 0.0959. The lowest BCUT2D eigenvalue weighted by atomic mass is 9.95. The summed E-state index contributed by atoms with van der Waals surface area (Å²) in [6.45, 7) is 0. The number of rotatable bonds is 9. The lowest BCUT2D eigenvalue weighted by Gasteiger charge is -2.22. The second kappa shape index (κ2) is 21.4. The Morgan fingerprint density at radius 3 is 0.839 bits per heavy atom. The summed E-state index contributed by atoms with van der Waals surface area (Å²) in [7, 11) is 0. The largest absolute Gasteiger partial charge is 0.416 e. The maximum absolute atomic E-state index is 16.0. The molecular weight excluding hydrogens is 1160 g/mol. The zero-order chi connectivity index (χ0) is 61.4. The third-order valence-corrected chi connectivity index (χ3v) is 14.5. The Kier molecular flexibility index (Phi) is 14.1. The Labute approximate surface area is 483 Å². The maximum Gasteiger partial charge on any atom is 0.416 e. The van der Waals surface area contributed by atoms with Gasteiger partial charge in [-0.3, -0.25) is 0 Å². The summed E-state index contributed by atoms with van der Waals surface area (Å²) in [4.78, 5) is 19.6. The molecular formula is C67H36F15N5. The summed E-state index contributed by atoms with van der Waals surface area (Å²) in [5.41, 5.74) is -8.27. The van der Waals surface area contributed by atoms with Gasteiger partial charge in [0.2, 0.25) is 0 Å². The monoisotopic (exact) mass is 1200 g/mol. The van der Waals surface area contributed by atoms with Crippen LogP contribution in [0.4, 0.5) is 65.9 Å². The van der Waals surface area contributed by atoms with Gasteiger partial charge in [0.25, 0.3) is 0 Å². The highest BCUT2D eigenvalue weighted by Gasteiger charge is 2.40. The van der Waals surface area contributed by atoms with E-state index in [1.54, 1.807) is 121 Å². The average Bonchev–Trinajstić information content (AvgIpc) is 1.82. The molecule has 0 radical (unpaired) electrons. The summed E-state index contributed by atoms with van der Waals surface area (Å²) < 4.78 is 223. The van der Waals surface area contributed by atoms with Gasteiger partial charge in [0.1, 0.15) is 0 Å². The van der Waals surface area contributed by atoms with E-state index in [2.05, 4.69) is 0 Å². The molecule has 3 heterocycles. The van der Waals surface area contributed by atoms with Crippen LogP contribution in [-0.4, -0.2) is 24.5 Å². The number of fused-ring (bicyclic) bond motifs is 3. The van der Waals surface area contributed by atoms with Gasteiger partial charge in [0.15, 0.2) is 11.6 Å². The zero-order valence-electron chi connectivity index (χ0n) is 44.2. The lowest BCUT2D eigenvalue weighted by Crippen LogP contribution is -2.11. The van der Waals surface area contributed by atoms with Gasteiger partial charge >= 0.3 is 30.9 Å². The average molecular weight is 1200 g/mol. The lowest BCUT2D eigenvalue weighted by molar-refractivity contribution is -0.144. The summed E-state index contributed by atoms with van der Waals surface area (Å²) in [6.07, 6.45) is -26.3. The molecule has 0 spiro atoms. The Balaban J connectivity index is 1.26. The standard InChI is InChI=1S/C67H36F15N5/c68-63(69,70)45-25-43(26-46(31-45)64(71,72)73)41-21-23-58-50(29-41)51-30-42(44-27-47(65(74,75)76)32-48(28-44)66(77,78)79)22-24-59(51)87(58)60-52(56-35-54(37-13-5-1-6-14-37)83-61(85-56)39-17-9-3-10-18-39)33-49(67(80,81)82)34-53(60)57-36-55(38-15-7-2-8-16-38)84-62(86-57)40-19-11-4-12-20-40/h1-36H. The second-order valence-corrected chi connectivity index (χ2v) is 20.2. The van der Waals surface area contributed by atoms with E-state index in [1.807, 2.05) is 0 Å². The predicted octanol–water partition coefficient (Wildman–Crippen LogP) is 20.8. The van der Waals surface area contributed by atoms with Crippen molar-refractivity contribution in [2.45, 2.75) is 30.9 Å². The molecule has 0 aliphatic heterocycles. The van der Waals surface area contributed by atoms with E-state index in [0.29, 0.717) is 46.5 Å². The Hall–Kier alpha value is -10.1. The van der Waals surface area contributed by atoms with Crippen LogP contribution >= 0.6 is 0 Å². The minimum Gasteiger partial charge on any atom is -0.308 e. The molecule has 20 heteroatoms. The van der Waals surface area contributed by atoms with Crippen molar-refractivity contribution in [2.24, 2.45) is 0 Å². The van der Waals surface area contributed by atoms with Crippen molar-refractivity contribution in [3.05, 3.63) is 246 Å². The maximum atomic E-state index is 16.0. The van der Waals surface area contributed by atoms with Crippen molar-refractivity contribution in [1.82, 2.24) is 24.5 Å². The van der Waals surface area contributed by atoms with Gasteiger partial charge in [-0.15, -0.1) is 0 Å². The Bertz CT molecular complexity index is 4130. The molecule has 3 aromatic heterocycles. The van der Waals surface area contributed by atoms with Crippen molar-refractivity contribution in [1.29, 1.82) is 0 Å². The highest BCUT2D eigenvalue weighted by Crippen LogP contribution is 2.49. The van der Waals surface area contributed by atoms with Crippen molar-refractivity contribution in [3.63, 3.8) is 0 Å². The van der Waals surface area contributed by atoms with E-state index in [0.717, 1.165) is 12.1 Å². The van der Waals surface area contributed by atoms with Crippen LogP contribution in [0.1, 0.15) is 27.8 Å². The van der Waals surface area contributed by atoms with Crippen LogP contribution in [-0.2, 0) is 30.9 Å².